The van der Waals surface area contributed by atoms with Crippen LogP contribution in [-0.4, -0.2) is 35.4 Å². The van der Waals surface area contributed by atoms with E-state index in [-0.39, 0.29) is 29.9 Å². The summed E-state index contributed by atoms with van der Waals surface area (Å²) in [6.07, 6.45) is 5.52. The number of ether oxygens (including phenoxy) is 1. The molecule has 0 saturated heterocycles. The lowest BCUT2D eigenvalue weighted by atomic mass is 9.87. The van der Waals surface area contributed by atoms with Crippen molar-refractivity contribution >= 4 is 27.7 Å². The van der Waals surface area contributed by atoms with Crippen LogP contribution in [0.1, 0.15) is 70.9 Å². The van der Waals surface area contributed by atoms with Crippen molar-refractivity contribution in [3.8, 4) is 5.75 Å². The molecule has 1 aliphatic rings. The Kier molecular flexibility index (Phi) is 9.17. The summed E-state index contributed by atoms with van der Waals surface area (Å²) in [5.41, 5.74) is 2.17. The molecule has 2 amide bonds. The molecule has 0 aliphatic heterocycles. The van der Waals surface area contributed by atoms with Crippen LogP contribution in [0.5, 0.6) is 5.75 Å². The number of benzene rings is 2. The van der Waals surface area contributed by atoms with Crippen LogP contribution >= 0.6 is 15.9 Å². The molecule has 2 aromatic rings. The number of hydrogen-bond acceptors (Lipinski definition) is 3. The molecule has 184 valence electrons. The summed E-state index contributed by atoms with van der Waals surface area (Å²) in [4.78, 5) is 28.0. The molecule has 1 N–H and O–H groups in total. The number of carbonyl (C=O) groups excluding carboxylic acids is 2. The Bertz CT molecular complexity index is 965. The minimum Gasteiger partial charge on any atom is -0.483 e. The van der Waals surface area contributed by atoms with Gasteiger partial charge >= 0.3 is 0 Å². The second-order valence-electron chi connectivity index (χ2n) is 10.2. The van der Waals surface area contributed by atoms with Crippen LogP contribution in [-0.2, 0) is 21.5 Å². The number of amides is 2. The van der Waals surface area contributed by atoms with E-state index in [1.54, 1.807) is 11.8 Å². The maximum atomic E-state index is 13.3. The zero-order valence-corrected chi connectivity index (χ0v) is 22.4. The van der Waals surface area contributed by atoms with Crippen LogP contribution in [0.2, 0.25) is 0 Å². The van der Waals surface area contributed by atoms with Crippen LogP contribution in [0.15, 0.2) is 53.0 Å². The van der Waals surface area contributed by atoms with Gasteiger partial charge in [0.25, 0.3) is 5.91 Å². The van der Waals surface area contributed by atoms with Crippen molar-refractivity contribution in [2.45, 2.75) is 83.8 Å². The topological polar surface area (TPSA) is 58.6 Å². The predicted molar refractivity (Wildman–Crippen MR) is 140 cm³/mol. The highest BCUT2D eigenvalue weighted by Crippen LogP contribution is 2.31. The van der Waals surface area contributed by atoms with Crippen LogP contribution in [0, 0.1) is 0 Å². The van der Waals surface area contributed by atoms with Gasteiger partial charge in [-0.3, -0.25) is 9.59 Å². The number of rotatable bonds is 8. The van der Waals surface area contributed by atoms with E-state index >= 15 is 0 Å². The largest absolute Gasteiger partial charge is 0.483 e. The standard InChI is InChI=1S/C28H37BrN2O3/c1-20(27(33)30-23-13-9-6-10-14-23)31(18-21-11-7-5-8-12-21)26(32)19-34-25-16-15-22(17-24(25)29)28(2,3)4/h5,7-8,11-12,15-17,20,23H,6,9-10,13-14,18-19H2,1-4H3,(H,30,33)/t20-/m0/s1. The van der Waals surface area contributed by atoms with Crippen LogP contribution in [0.3, 0.4) is 0 Å². The minimum atomic E-state index is -0.593. The Balaban J connectivity index is 1.70. The Labute approximate surface area is 212 Å². The van der Waals surface area contributed by atoms with E-state index in [0.717, 1.165) is 35.7 Å². The first-order chi connectivity index (χ1) is 16.1. The average Bonchev–Trinajstić information content (AvgIpc) is 2.81. The average molecular weight is 530 g/mol. The maximum absolute atomic E-state index is 13.3. The highest BCUT2D eigenvalue weighted by Gasteiger charge is 2.28. The van der Waals surface area contributed by atoms with E-state index in [2.05, 4.69) is 42.0 Å². The fourth-order valence-electron chi connectivity index (χ4n) is 4.24. The molecule has 0 spiro atoms. The van der Waals surface area contributed by atoms with E-state index < -0.39 is 6.04 Å². The zero-order valence-electron chi connectivity index (χ0n) is 20.8. The smallest absolute Gasteiger partial charge is 0.261 e. The van der Waals surface area contributed by atoms with E-state index in [4.69, 9.17) is 4.74 Å². The van der Waals surface area contributed by atoms with Crippen LogP contribution in [0.4, 0.5) is 0 Å². The summed E-state index contributed by atoms with van der Waals surface area (Å²) < 4.78 is 6.71. The van der Waals surface area contributed by atoms with Gasteiger partial charge in [-0.25, -0.2) is 0 Å². The SMILES string of the molecule is C[C@@H](C(=O)NC1CCCCC1)N(Cc1ccccc1)C(=O)COc1ccc(C(C)(C)C)cc1Br. The highest BCUT2D eigenvalue weighted by atomic mass is 79.9. The van der Waals surface area contributed by atoms with E-state index in [0.29, 0.717) is 12.3 Å². The van der Waals surface area contributed by atoms with Crippen LogP contribution < -0.4 is 10.1 Å². The lowest BCUT2D eigenvalue weighted by Gasteiger charge is -2.31. The number of nitrogens with one attached hydrogen (secondary N) is 1. The molecule has 1 fully saturated rings. The Hall–Kier alpha value is -2.34. The van der Waals surface area contributed by atoms with Gasteiger partial charge in [0.1, 0.15) is 11.8 Å². The lowest BCUT2D eigenvalue weighted by molar-refractivity contribution is -0.142. The Morgan fingerprint density at radius 1 is 1.09 bits per heavy atom. The zero-order chi connectivity index (χ0) is 24.7. The molecule has 6 heteroatoms. The third-order valence-corrected chi connectivity index (χ3v) is 7.08. The Morgan fingerprint density at radius 2 is 1.76 bits per heavy atom. The van der Waals surface area contributed by atoms with E-state index in [9.17, 15) is 9.59 Å². The molecule has 1 aliphatic carbocycles. The summed E-state index contributed by atoms with van der Waals surface area (Å²) in [6.45, 7) is 8.47. The first-order valence-corrected chi connectivity index (χ1v) is 13.0. The molecule has 0 aromatic heterocycles. The van der Waals surface area contributed by atoms with Crippen molar-refractivity contribution in [3.05, 3.63) is 64.1 Å². The molecular formula is C28H37BrN2O3. The molecule has 0 bridgehead atoms. The van der Waals surface area contributed by atoms with Gasteiger partial charge in [-0.1, -0.05) is 76.4 Å². The van der Waals surface area contributed by atoms with Gasteiger partial charge < -0.3 is 15.0 Å². The fraction of sp³-hybridized carbons (Fsp3) is 0.500. The molecule has 2 aromatic carbocycles. The van der Waals surface area contributed by atoms with E-state index in [1.807, 2.05) is 48.5 Å². The number of carbonyl (C=O) groups is 2. The molecule has 1 atom stereocenters. The summed E-state index contributed by atoms with van der Waals surface area (Å²) in [6, 6.07) is 15.3. The van der Waals surface area contributed by atoms with Crippen LogP contribution in [0.25, 0.3) is 0 Å². The Morgan fingerprint density at radius 3 is 2.38 bits per heavy atom. The summed E-state index contributed by atoms with van der Waals surface area (Å²) in [7, 11) is 0. The normalized spacial score (nSPS) is 15.4. The molecule has 3 rings (SSSR count). The van der Waals surface area contributed by atoms with Crippen molar-refractivity contribution in [3.63, 3.8) is 0 Å². The van der Waals surface area contributed by atoms with Crippen molar-refractivity contribution in [1.82, 2.24) is 10.2 Å². The van der Waals surface area contributed by atoms with Gasteiger partial charge in [-0.15, -0.1) is 0 Å². The minimum absolute atomic E-state index is 0.0183. The monoisotopic (exact) mass is 528 g/mol. The van der Waals surface area contributed by atoms with Crippen molar-refractivity contribution in [1.29, 1.82) is 0 Å². The first-order valence-electron chi connectivity index (χ1n) is 12.2. The third kappa shape index (κ3) is 7.33. The highest BCUT2D eigenvalue weighted by molar-refractivity contribution is 9.10. The fourth-order valence-corrected chi connectivity index (χ4v) is 4.73. The van der Waals surface area contributed by atoms with Gasteiger partial charge in [0.05, 0.1) is 4.47 Å². The summed E-state index contributed by atoms with van der Waals surface area (Å²) in [5, 5.41) is 3.16. The number of hydrogen-bond donors (Lipinski definition) is 1. The van der Waals surface area contributed by atoms with Crippen molar-refractivity contribution in [2.24, 2.45) is 0 Å². The molecule has 0 heterocycles. The second kappa shape index (κ2) is 11.9. The lowest BCUT2D eigenvalue weighted by Crippen LogP contribution is -2.51. The number of nitrogens with zero attached hydrogens (tertiary/aromatic N) is 1. The van der Waals surface area contributed by atoms with Crippen molar-refractivity contribution in [2.75, 3.05) is 6.61 Å². The first kappa shape index (κ1) is 26.3. The van der Waals surface area contributed by atoms with E-state index in [1.165, 1.54) is 12.0 Å². The summed E-state index contributed by atoms with van der Waals surface area (Å²) in [5.74, 6) is 0.286. The third-order valence-electron chi connectivity index (χ3n) is 6.46. The molecule has 0 radical (unpaired) electrons. The second-order valence-corrected chi connectivity index (χ2v) is 11.1. The van der Waals surface area contributed by atoms with Gasteiger partial charge in [0, 0.05) is 12.6 Å². The predicted octanol–water partition coefficient (Wildman–Crippen LogP) is 5.99. The van der Waals surface area contributed by atoms with Crippen molar-refractivity contribution < 1.29 is 14.3 Å². The van der Waals surface area contributed by atoms with Gasteiger partial charge in [-0.05, 0) is 64.4 Å². The maximum Gasteiger partial charge on any atom is 0.261 e. The quantitative estimate of drug-likeness (QED) is 0.457. The molecule has 1 saturated carbocycles. The molecular weight excluding hydrogens is 492 g/mol. The van der Waals surface area contributed by atoms with Gasteiger partial charge in [0.2, 0.25) is 5.91 Å². The number of halogens is 1. The molecule has 34 heavy (non-hydrogen) atoms. The van der Waals surface area contributed by atoms with Gasteiger partial charge in [0.15, 0.2) is 6.61 Å². The molecule has 0 unspecified atom stereocenters. The molecule has 5 nitrogen and oxygen atoms in total. The summed E-state index contributed by atoms with van der Waals surface area (Å²) >= 11 is 3.57. The van der Waals surface area contributed by atoms with Gasteiger partial charge in [-0.2, -0.15) is 0 Å².